The van der Waals surface area contributed by atoms with Crippen LogP contribution in [0.5, 0.6) is 0 Å². The SMILES string of the molecule is O=C(O)CN1C(=O)C(=O)C(C(=O)c2ccccc2)C1c1ccccc1. The van der Waals surface area contributed by atoms with E-state index >= 15 is 0 Å². The van der Waals surface area contributed by atoms with Crippen molar-refractivity contribution in [2.45, 2.75) is 6.04 Å². The Labute approximate surface area is 143 Å². The molecule has 1 fully saturated rings. The zero-order valence-electron chi connectivity index (χ0n) is 13.2. The molecule has 1 N–H and O–H groups in total. The van der Waals surface area contributed by atoms with Gasteiger partial charge in [-0.1, -0.05) is 60.7 Å². The molecule has 0 aromatic heterocycles. The Morgan fingerprint density at radius 1 is 0.920 bits per heavy atom. The van der Waals surface area contributed by atoms with Crippen LogP contribution in [0.2, 0.25) is 0 Å². The highest BCUT2D eigenvalue weighted by atomic mass is 16.4. The van der Waals surface area contributed by atoms with E-state index in [1.165, 1.54) is 0 Å². The molecule has 2 aromatic rings. The summed E-state index contributed by atoms with van der Waals surface area (Å²) < 4.78 is 0. The normalized spacial score (nSPS) is 19.9. The summed E-state index contributed by atoms with van der Waals surface area (Å²) in [6.45, 7) is -0.636. The molecule has 0 radical (unpaired) electrons. The van der Waals surface area contributed by atoms with Gasteiger partial charge in [-0.25, -0.2) is 0 Å². The lowest BCUT2D eigenvalue weighted by Gasteiger charge is -2.25. The van der Waals surface area contributed by atoms with E-state index in [-0.39, 0.29) is 0 Å². The number of carboxylic acids is 1. The lowest BCUT2D eigenvalue weighted by atomic mass is 9.86. The van der Waals surface area contributed by atoms with Crippen LogP contribution in [0.1, 0.15) is 22.0 Å². The van der Waals surface area contributed by atoms with Gasteiger partial charge < -0.3 is 10.0 Å². The molecule has 1 aliphatic heterocycles. The number of aliphatic carboxylic acids is 1. The predicted molar refractivity (Wildman–Crippen MR) is 87.8 cm³/mol. The van der Waals surface area contributed by atoms with Gasteiger partial charge in [0.25, 0.3) is 5.91 Å². The van der Waals surface area contributed by atoms with Crippen LogP contribution >= 0.6 is 0 Å². The quantitative estimate of drug-likeness (QED) is 0.509. The number of carbonyl (C=O) groups is 4. The predicted octanol–water partition coefficient (Wildman–Crippen LogP) is 1.72. The van der Waals surface area contributed by atoms with Crippen LogP contribution in [0.25, 0.3) is 0 Å². The van der Waals surface area contributed by atoms with E-state index in [0.717, 1.165) is 4.90 Å². The van der Waals surface area contributed by atoms with Gasteiger partial charge in [0.15, 0.2) is 5.78 Å². The largest absolute Gasteiger partial charge is 0.480 e. The monoisotopic (exact) mass is 337 g/mol. The average Bonchev–Trinajstić information content (AvgIpc) is 2.87. The Morgan fingerprint density at radius 3 is 2.04 bits per heavy atom. The second kappa shape index (κ2) is 6.68. The zero-order valence-corrected chi connectivity index (χ0v) is 13.2. The smallest absolute Gasteiger partial charge is 0.323 e. The number of ketones is 2. The van der Waals surface area contributed by atoms with E-state index in [0.29, 0.717) is 11.1 Å². The lowest BCUT2D eigenvalue weighted by molar-refractivity contribution is -0.146. The van der Waals surface area contributed by atoms with Gasteiger partial charge >= 0.3 is 5.97 Å². The molecule has 6 heteroatoms. The second-order valence-corrected chi connectivity index (χ2v) is 5.75. The first-order chi connectivity index (χ1) is 12.0. The highest BCUT2D eigenvalue weighted by Gasteiger charge is 2.52. The number of amides is 1. The maximum absolute atomic E-state index is 12.9. The van der Waals surface area contributed by atoms with Crippen molar-refractivity contribution >= 4 is 23.4 Å². The molecular formula is C19H15NO5. The van der Waals surface area contributed by atoms with Crippen LogP contribution in [-0.4, -0.2) is 40.0 Å². The van der Waals surface area contributed by atoms with Crippen molar-refractivity contribution in [3.05, 3.63) is 71.8 Å². The van der Waals surface area contributed by atoms with E-state index in [4.69, 9.17) is 5.11 Å². The number of hydrogen-bond acceptors (Lipinski definition) is 4. The molecule has 2 aromatic carbocycles. The summed E-state index contributed by atoms with van der Waals surface area (Å²) in [5.41, 5.74) is 0.865. The van der Waals surface area contributed by atoms with Crippen molar-refractivity contribution in [3.63, 3.8) is 0 Å². The Kier molecular flexibility index (Phi) is 4.43. The fourth-order valence-corrected chi connectivity index (χ4v) is 3.11. The Hall–Kier alpha value is -3.28. The standard InChI is InChI=1S/C19H15NO5/c21-14(22)11-20-16(12-7-3-1-4-8-12)15(18(24)19(20)25)17(23)13-9-5-2-6-10-13/h1-10,15-16H,11H2,(H,21,22). The number of benzene rings is 2. The van der Waals surface area contributed by atoms with Crippen LogP contribution < -0.4 is 0 Å². The summed E-state index contributed by atoms with van der Waals surface area (Å²) in [5, 5.41) is 9.09. The molecule has 0 aliphatic carbocycles. The maximum Gasteiger partial charge on any atom is 0.323 e. The molecule has 1 aliphatic rings. The molecule has 1 saturated heterocycles. The Morgan fingerprint density at radius 2 is 1.48 bits per heavy atom. The summed E-state index contributed by atoms with van der Waals surface area (Å²) in [6.07, 6.45) is 0. The molecule has 126 valence electrons. The average molecular weight is 337 g/mol. The topological polar surface area (TPSA) is 91.8 Å². The third-order valence-electron chi connectivity index (χ3n) is 4.19. The number of hydrogen-bond donors (Lipinski definition) is 1. The molecule has 0 bridgehead atoms. The van der Waals surface area contributed by atoms with Gasteiger partial charge in [-0.05, 0) is 5.56 Å². The third kappa shape index (κ3) is 3.06. The van der Waals surface area contributed by atoms with Crippen molar-refractivity contribution in [1.29, 1.82) is 0 Å². The molecule has 2 atom stereocenters. The molecule has 1 amide bonds. The minimum atomic E-state index is -1.25. The summed E-state index contributed by atoms with van der Waals surface area (Å²) >= 11 is 0. The van der Waals surface area contributed by atoms with Crippen molar-refractivity contribution in [3.8, 4) is 0 Å². The van der Waals surface area contributed by atoms with E-state index in [1.807, 2.05) is 0 Å². The van der Waals surface area contributed by atoms with Crippen LogP contribution in [0.4, 0.5) is 0 Å². The number of rotatable bonds is 5. The van der Waals surface area contributed by atoms with Crippen molar-refractivity contribution in [2.24, 2.45) is 5.92 Å². The Bertz CT molecular complexity index is 831. The lowest BCUT2D eigenvalue weighted by Crippen LogP contribution is -2.35. The molecular weight excluding hydrogens is 322 g/mol. The zero-order chi connectivity index (χ0) is 18.0. The van der Waals surface area contributed by atoms with Crippen LogP contribution in [0.15, 0.2) is 60.7 Å². The van der Waals surface area contributed by atoms with Crippen molar-refractivity contribution < 1.29 is 24.3 Å². The fourth-order valence-electron chi connectivity index (χ4n) is 3.11. The van der Waals surface area contributed by atoms with Gasteiger partial charge in [-0.2, -0.15) is 0 Å². The van der Waals surface area contributed by atoms with Gasteiger partial charge in [-0.15, -0.1) is 0 Å². The van der Waals surface area contributed by atoms with Crippen molar-refractivity contribution in [1.82, 2.24) is 4.90 Å². The van der Waals surface area contributed by atoms with Gasteiger partial charge in [0, 0.05) is 5.56 Å². The van der Waals surface area contributed by atoms with Crippen molar-refractivity contribution in [2.75, 3.05) is 6.54 Å². The molecule has 0 saturated carbocycles. The molecule has 2 unspecified atom stereocenters. The number of Topliss-reactive ketones (excluding diaryl/α,β-unsaturated/α-hetero) is 2. The first-order valence-corrected chi connectivity index (χ1v) is 7.71. The fraction of sp³-hybridized carbons (Fsp3) is 0.158. The highest BCUT2D eigenvalue weighted by molar-refractivity contribution is 6.44. The molecule has 0 spiro atoms. The van der Waals surface area contributed by atoms with Crippen LogP contribution in [-0.2, 0) is 14.4 Å². The molecule has 3 rings (SSSR count). The number of likely N-dealkylation sites (tertiary alicyclic amines) is 1. The number of carboxylic acid groups (broad SMARTS) is 1. The van der Waals surface area contributed by atoms with E-state index in [2.05, 4.69) is 0 Å². The third-order valence-corrected chi connectivity index (χ3v) is 4.19. The minimum absolute atomic E-state index is 0.312. The summed E-state index contributed by atoms with van der Waals surface area (Å²) in [7, 11) is 0. The second-order valence-electron chi connectivity index (χ2n) is 5.75. The number of nitrogens with zero attached hydrogens (tertiary/aromatic N) is 1. The van der Waals surface area contributed by atoms with E-state index in [9.17, 15) is 19.2 Å². The molecule has 25 heavy (non-hydrogen) atoms. The Balaban J connectivity index is 2.08. The highest BCUT2D eigenvalue weighted by Crippen LogP contribution is 2.37. The molecule has 6 nitrogen and oxygen atoms in total. The van der Waals surface area contributed by atoms with Gasteiger partial charge in [-0.3, -0.25) is 19.2 Å². The van der Waals surface area contributed by atoms with Crippen LogP contribution in [0.3, 0.4) is 0 Å². The number of carbonyl (C=O) groups excluding carboxylic acids is 3. The van der Waals surface area contributed by atoms with Crippen LogP contribution in [0, 0.1) is 5.92 Å². The van der Waals surface area contributed by atoms with Gasteiger partial charge in [0.05, 0.1) is 6.04 Å². The van der Waals surface area contributed by atoms with Gasteiger partial charge in [0.2, 0.25) is 5.78 Å². The minimum Gasteiger partial charge on any atom is -0.480 e. The summed E-state index contributed by atoms with van der Waals surface area (Å²) in [4.78, 5) is 49.8. The summed E-state index contributed by atoms with van der Waals surface area (Å²) in [6, 6.07) is 15.8. The van der Waals surface area contributed by atoms with E-state index in [1.54, 1.807) is 60.7 Å². The first kappa shape index (κ1) is 16.6. The molecule has 1 heterocycles. The van der Waals surface area contributed by atoms with Gasteiger partial charge in [0.1, 0.15) is 12.5 Å². The van der Waals surface area contributed by atoms with E-state index < -0.39 is 41.9 Å². The first-order valence-electron chi connectivity index (χ1n) is 7.71. The maximum atomic E-state index is 12.9. The summed E-state index contributed by atoms with van der Waals surface area (Å²) in [5.74, 6) is -4.79.